The van der Waals surface area contributed by atoms with Gasteiger partial charge in [-0.25, -0.2) is 4.79 Å². The highest BCUT2D eigenvalue weighted by Crippen LogP contribution is 2.46. The SMILES string of the molecule is C/C(=C(/C(=O)O)C(F)(F)F)C(I)(I)I. The van der Waals surface area contributed by atoms with E-state index in [9.17, 15) is 18.0 Å². The molecule has 0 rings (SSSR count). The summed E-state index contributed by atoms with van der Waals surface area (Å²) in [5, 5.41) is 8.45. The molecular formula is C6H4F3I3O2. The summed E-state index contributed by atoms with van der Waals surface area (Å²) in [6.07, 6.45) is -4.82. The zero-order valence-electron chi connectivity index (χ0n) is 6.62. The van der Waals surface area contributed by atoms with E-state index in [0.29, 0.717) is 0 Å². The minimum atomic E-state index is -4.82. The molecule has 0 saturated heterocycles. The van der Waals surface area contributed by atoms with Crippen LogP contribution < -0.4 is 0 Å². The predicted octanol–water partition coefficient (Wildman–Crippen LogP) is 3.91. The lowest BCUT2D eigenvalue weighted by atomic mass is 10.1. The predicted molar refractivity (Wildman–Crippen MR) is 71.2 cm³/mol. The zero-order valence-corrected chi connectivity index (χ0v) is 13.1. The van der Waals surface area contributed by atoms with Gasteiger partial charge in [-0.3, -0.25) is 0 Å². The van der Waals surface area contributed by atoms with Crippen LogP contribution in [0.25, 0.3) is 0 Å². The Balaban J connectivity index is 5.53. The number of rotatable bonds is 2. The standard InChI is InChI=1S/C6H4F3I3O2/c1-2(6(10,11)12)3(4(13)14)5(7,8)9/h1H3,(H,13,14)/b3-2+. The summed E-state index contributed by atoms with van der Waals surface area (Å²) in [5.74, 6) is -1.94. The maximum Gasteiger partial charge on any atom is 0.423 e. The van der Waals surface area contributed by atoms with Crippen molar-refractivity contribution in [3.63, 3.8) is 0 Å². The fourth-order valence-corrected chi connectivity index (χ4v) is 1.45. The summed E-state index contributed by atoms with van der Waals surface area (Å²) in [6, 6.07) is 0. The number of alkyl halides is 6. The third kappa shape index (κ3) is 4.37. The van der Waals surface area contributed by atoms with Crippen molar-refractivity contribution in [2.75, 3.05) is 0 Å². The van der Waals surface area contributed by atoms with Crippen molar-refractivity contribution in [2.45, 2.75) is 12.5 Å². The molecule has 0 aromatic carbocycles. The van der Waals surface area contributed by atoms with Crippen molar-refractivity contribution in [1.29, 1.82) is 0 Å². The smallest absolute Gasteiger partial charge is 0.423 e. The molecule has 0 atom stereocenters. The summed E-state index contributed by atoms with van der Waals surface area (Å²) in [7, 11) is 0. The van der Waals surface area contributed by atoms with Crippen LogP contribution in [0.4, 0.5) is 13.2 Å². The molecule has 14 heavy (non-hydrogen) atoms. The van der Waals surface area contributed by atoms with Crippen LogP contribution in [0.15, 0.2) is 11.1 Å². The molecule has 0 unspecified atom stereocenters. The van der Waals surface area contributed by atoms with Crippen molar-refractivity contribution in [3.8, 4) is 0 Å². The van der Waals surface area contributed by atoms with Gasteiger partial charge in [-0.1, -0.05) is 67.8 Å². The van der Waals surface area contributed by atoms with E-state index in [2.05, 4.69) is 0 Å². The van der Waals surface area contributed by atoms with E-state index in [1.807, 2.05) is 0 Å². The van der Waals surface area contributed by atoms with E-state index in [4.69, 9.17) is 5.11 Å². The third-order valence-electron chi connectivity index (χ3n) is 1.30. The molecule has 0 aliphatic carbocycles. The van der Waals surface area contributed by atoms with Gasteiger partial charge < -0.3 is 5.11 Å². The van der Waals surface area contributed by atoms with Gasteiger partial charge in [0.15, 0.2) is 0 Å². The number of carboxylic acid groups (broad SMARTS) is 1. The maximum absolute atomic E-state index is 12.3. The highest BCUT2D eigenvalue weighted by molar-refractivity contribution is 14.3. The topological polar surface area (TPSA) is 37.3 Å². The molecule has 8 heteroatoms. The monoisotopic (exact) mass is 546 g/mol. The first-order chi connectivity index (χ1) is 5.98. The van der Waals surface area contributed by atoms with Gasteiger partial charge in [0.1, 0.15) is 5.01 Å². The van der Waals surface area contributed by atoms with Gasteiger partial charge in [-0.05, 0) is 12.5 Å². The van der Waals surface area contributed by atoms with E-state index in [1.165, 1.54) is 6.92 Å². The average molecular weight is 546 g/mol. The van der Waals surface area contributed by atoms with Crippen molar-refractivity contribution < 1.29 is 23.1 Å². The first-order valence-corrected chi connectivity index (χ1v) is 6.30. The Morgan fingerprint density at radius 1 is 1.21 bits per heavy atom. The van der Waals surface area contributed by atoms with Gasteiger partial charge in [-0.15, -0.1) is 0 Å². The van der Waals surface area contributed by atoms with E-state index < -0.39 is 17.2 Å². The minimum Gasteiger partial charge on any atom is -0.478 e. The molecule has 0 heterocycles. The van der Waals surface area contributed by atoms with E-state index in [0.717, 1.165) is 0 Å². The Labute approximate surface area is 119 Å². The number of aliphatic carboxylic acids is 1. The molecule has 0 bridgehead atoms. The minimum absolute atomic E-state index is 0.209. The van der Waals surface area contributed by atoms with Gasteiger partial charge in [-0.2, -0.15) is 13.2 Å². The lowest BCUT2D eigenvalue weighted by Gasteiger charge is -2.18. The van der Waals surface area contributed by atoms with Gasteiger partial charge in [0.05, 0.1) is 0 Å². The summed E-state index contributed by atoms with van der Waals surface area (Å²) in [6.45, 7) is 1.17. The van der Waals surface area contributed by atoms with Crippen LogP contribution >= 0.6 is 67.8 Å². The van der Waals surface area contributed by atoms with Crippen LogP contribution in [0.5, 0.6) is 0 Å². The Bertz CT molecular complexity index is 277. The Morgan fingerprint density at radius 3 is 1.64 bits per heavy atom. The molecule has 82 valence electrons. The summed E-state index contributed by atoms with van der Waals surface area (Å²) in [5.41, 5.74) is -1.70. The van der Waals surface area contributed by atoms with Crippen LogP contribution in [0.3, 0.4) is 0 Å². The van der Waals surface area contributed by atoms with Gasteiger partial charge in [0, 0.05) is 0 Å². The molecule has 0 fully saturated rings. The molecule has 0 spiro atoms. The molecular weight excluding hydrogens is 542 g/mol. The van der Waals surface area contributed by atoms with Gasteiger partial charge >= 0.3 is 12.1 Å². The van der Waals surface area contributed by atoms with E-state index in [1.54, 1.807) is 67.8 Å². The summed E-state index contributed by atoms with van der Waals surface area (Å²) >= 11 is 5.23. The Kier molecular flexibility index (Phi) is 5.44. The van der Waals surface area contributed by atoms with Crippen LogP contribution in [-0.4, -0.2) is 16.7 Å². The maximum atomic E-state index is 12.3. The highest BCUT2D eigenvalue weighted by Gasteiger charge is 2.43. The number of carbonyl (C=O) groups is 1. The van der Waals surface area contributed by atoms with Crippen molar-refractivity contribution in [3.05, 3.63) is 11.1 Å². The van der Waals surface area contributed by atoms with E-state index in [-0.39, 0.29) is 5.57 Å². The summed E-state index contributed by atoms with van der Waals surface area (Å²) < 4.78 is 36.0. The number of halogens is 6. The summed E-state index contributed by atoms with van der Waals surface area (Å²) in [4.78, 5) is 10.4. The molecule has 0 aromatic heterocycles. The molecule has 0 amide bonds. The fraction of sp³-hybridized carbons (Fsp3) is 0.500. The third-order valence-corrected chi connectivity index (χ3v) is 3.72. The lowest BCUT2D eigenvalue weighted by molar-refractivity contribution is -0.145. The molecule has 0 aromatic rings. The van der Waals surface area contributed by atoms with Gasteiger partial charge in [0.25, 0.3) is 0 Å². The quantitative estimate of drug-likeness (QED) is 0.325. The molecule has 0 saturated carbocycles. The van der Waals surface area contributed by atoms with Crippen LogP contribution in [0.1, 0.15) is 6.92 Å². The van der Waals surface area contributed by atoms with E-state index >= 15 is 0 Å². The number of allylic oxidation sites excluding steroid dienone is 1. The highest BCUT2D eigenvalue weighted by atomic mass is 127. The van der Waals surface area contributed by atoms with Crippen LogP contribution in [0, 0.1) is 0 Å². The van der Waals surface area contributed by atoms with Crippen LogP contribution in [0.2, 0.25) is 0 Å². The lowest BCUT2D eigenvalue weighted by Crippen LogP contribution is -2.24. The molecule has 1 N–H and O–H groups in total. The number of hydrogen-bond acceptors (Lipinski definition) is 1. The molecule has 2 nitrogen and oxygen atoms in total. The first kappa shape index (κ1) is 15.2. The Morgan fingerprint density at radius 2 is 1.57 bits per heavy atom. The van der Waals surface area contributed by atoms with Crippen molar-refractivity contribution in [1.82, 2.24) is 0 Å². The van der Waals surface area contributed by atoms with Crippen LogP contribution in [-0.2, 0) is 4.79 Å². The molecule has 0 aliphatic heterocycles. The second-order valence-corrected chi connectivity index (χ2v) is 13.3. The first-order valence-electron chi connectivity index (χ1n) is 3.06. The molecule has 0 aliphatic rings. The van der Waals surface area contributed by atoms with Crippen molar-refractivity contribution in [2.24, 2.45) is 0 Å². The largest absolute Gasteiger partial charge is 0.478 e. The number of carboxylic acids is 1. The second kappa shape index (κ2) is 5.01. The van der Waals surface area contributed by atoms with Crippen molar-refractivity contribution >= 4 is 73.7 Å². The van der Waals surface area contributed by atoms with Gasteiger partial charge in [0.2, 0.25) is 0 Å². The average Bonchev–Trinajstić information content (AvgIpc) is 1.79. The number of hydrogen-bond donors (Lipinski definition) is 1. The molecule has 0 radical (unpaired) electrons. The second-order valence-electron chi connectivity index (χ2n) is 2.30. The Hall–Kier alpha value is 1.19. The fourth-order valence-electron chi connectivity index (χ4n) is 0.636. The zero-order chi connectivity index (χ0) is 11.7. The normalized spacial score (nSPS) is 15.1.